The molecule has 0 rings (SSSR count). The molecule has 0 amide bonds. The van der Waals surface area contributed by atoms with E-state index in [9.17, 15) is 9.59 Å². The van der Waals surface area contributed by atoms with Crippen molar-refractivity contribution in [2.45, 2.75) is 180 Å². The van der Waals surface area contributed by atoms with Gasteiger partial charge >= 0.3 is 11.9 Å². The molecule has 0 aliphatic carbocycles. The summed E-state index contributed by atoms with van der Waals surface area (Å²) in [5, 5.41) is 8.64. The maximum atomic E-state index is 12.1. The molecule has 0 aliphatic heterocycles. The number of allylic oxidation sites excluding steroid dienone is 10. The first-order valence-electron chi connectivity index (χ1n) is 18.2. The van der Waals surface area contributed by atoms with Crippen LogP contribution in [0.3, 0.4) is 0 Å². The second-order valence-electron chi connectivity index (χ2n) is 12.1. The van der Waals surface area contributed by atoms with Gasteiger partial charge in [0.1, 0.15) is 0 Å². The van der Waals surface area contributed by atoms with E-state index in [1.807, 2.05) is 6.92 Å². The third-order valence-electron chi connectivity index (χ3n) is 7.74. The Morgan fingerprint density at radius 3 is 1.34 bits per heavy atom. The zero-order valence-electron chi connectivity index (χ0n) is 28.7. The molecule has 4 heteroatoms. The van der Waals surface area contributed by atoms with E-state index < -0.39 is 5.97 Å². The highest BCUT2D eigenvalue weighted by Crippen LogP contribution is 2.15. The first kappa shape index (κ1) is 41.6. The second-order valence-corrected chi connectivity index (χ2v) is 12.1. The molecule has 0 bridgehead atoms. The molecule has 0 aromatic rings. The second kappa shape index (κ2) is 35.1. The molecule has 0 aliphatic rings. The Morgan fingerprint density at radius 1 is 0.523 bits per heavy atom. The Morgan fingerprint density at radius 2 is 0.909 bits per heavy atom. The molecule has 252 valence electrons. The summed E-state index contributed by atoms with van der Waals surface area (Å²) in [6.45, 7) is 4.19. The fraction of sp³-hybridized carbons (Fsp3) is 0.700. The summed E-state index contributed by atoms with van der Waals surface area (Å²) in [7, 11) is 0. The van der Waals surface area contributed by atoms with Crippen LogP contribution in [0.2, 0.25) is 0 Å². The molecule has 0 fully saturated rings. The third kappa shape index (κ3) is 35.8. The van der Waals surface area contributed by atoms with Crippen LogP contribution < -0.4 is 0 Å². The lowest BCUT2D eigenvalue weighted by Gasteiger charge is -2.13. The van der Waals surface area contributed by atoms with Crippen LogP contribution in [-0.2, 0) is 14.3 Å². The number of esters is 1. The van der Waals surface area contributed by atoms with Crippen LogP contribution in [0.4, 0.5) is 0 Å². The summed E-state index contributed by atoms with van der Waals surface area (Å²) in [4.78, 5) is 22.6. The molecule has 44 heavy (non-hydrogen) atoms. The van der Waals surface area contributed by atoms with Crippen LogP contribution in [0.1, 0.15) is 174 Å². The van der Waals surface area contributed by atoms with E-state index in [0.717, 1.165) is 70.6 Å². The number of carboxylic acid groups (broad SMARTS) is 1. The highest BCUT2D eigenvalue weighted by Gasteiger charge is 2.08. The molecule has 1 atom stereocenters. The molecule has 1 N–H and O–H groups in total. The number of carbonyl (C=O) groups excluding carboxylic acids is 1. The Hall–Kier alpha value is -2.36. The lowest BCUT2D eigenvalue weighted by Crippen LogP contribution is -2.14. The van der Waals surface area contributed by atoms with Crippen molar-refractivity contribution in [1.29, 1.82) is 0 Å². The van der Waals surface area contributed by atoms with E-state index >= 15 is 0 Å². The Balaban J connectivity index is 3.45. The lowest BCUT2D eigenvalue weighted by atomic mass is 10.0. The Bertz CT molecular complexity index is 789. The van der Waals surface area contributed by atoms with Gasteiger partial charge in [-0.2, -0.15) is 0 Å². The van der Waals surface area contributed by atoms with Gasteiger partial charge in [0.05, 0.1) is 6.10 Å². The van der Waals surface area contributed by atoms with Gasteiger partial charge in [-0.1, -0.05) is 151 Å². The molecule has 0 radical (unpaired) electrons. The molecule has 0 heterocycles. The summed E-state index contributed by atoms with van der Waals surface area (Å²) in [5.74, 6) is -0.724. The maximum Gasteiger partial charge on any atom is 0.306 e. The molecule has 0 aromatic carbocycles. The number of aliphatic carboxylic acids is 1. The topological polar surface area (TPSA) is 63.6 Å². The van der Waals surface area contributed by atoms with Crippen molar-refractivity contribution in [3.63, 3.8) is 0 Å². The van der Waals surface area contributed by atoms with Crippen molar-refractivity contribution in [2.24, 2.45) is 0 Å². The van der Waals surface area contributed by atoms with Gasteiger partial charge in [0, 0.05) is 12.8 Å². The minimum Gasteiger partial charge on any atom is -0.481 e. The summed E-state index contributed by atoms with van der Waals surface area (Å²) < 4.78 is 5.60. The number of rotatable bonds is 32. The van der Waals surface area contributed by atoms with E-state index in [1.165, 1.54) is 77.0 Å². The van der Waals surface area contributed by atoms with Gasteiger partial charge in [-0.3, -0.25) is 9.59 Å². The van der Waals surface area contributed by atoms with Gasteiger partial charge in [-0.15, -0.1) is 0 Å². The molecule has 0 saturated heterocycles. The molecule has 0 saturated carbocycles. The summed E-state index contributed by atoms with van der Waals surface area (Å²) in [5.41, 5.74) is 0. The van der Waals surface area contributed by atoms with Crippen molar-refractivity contribution < 1.29 is 19.4 Å². The monoisotopic (exact) mass is 613 g/mol. The van der Waals surface area contributed by atoms with E-state index in [0.29, 0.717) is 12.8 Å². The average molecular weight is 613 g/mol. The number of unbranched alkanes of at least 4 members (excludes halogenated alkanes) is 15. The van der Waals surface area contributed by atoms with Crippen molar-refractivity contribution in [3.8, 4) is 0 Å². The van der Waals surface area contributed by atoms with Gasteiger partial charge in [0.25, 0.3) is 0 Å². The molecular formula is C40H68O4. The van der Waals surface area contributed by atoms with Crippen molar-refractivity contribution in [3.05, 3.63) is 60.8 Å². The standard InChI is InChI=1S/C40H68O4/c1-3-4-5-6-7-8-9-10-11-12-16-19-22-25-28-31-34-37-40(43)44-38(2)35-32-29-26-23-20-17-14-13-15-18-21-24-27-30-33-36-39(41)42/h4-5,7-8,10-11,16,19,25,28,38H,3,6,9,12-15,17-18,20-24,26-27,29-37H2,1-2H3,(H,41,42)/b5-4-,8-7-,11-10-,19-16-,28-25-. The smallest absolute Gasteiger partial charge is 0.306 e. The minimum atomic E-state index is -0.669. The molecule has 0 aromatic heterocycles. The van der Waals surface area contributed by atoms with Crippen LogP contribution in [0.5, 0.6) is 0 Å². The normalized spacial score (nSPS) is 13.0. The fourth-order valence-corrected chi connectivity index (χ4v) is 5.08. The van der Waals surface area contributed by atoms with Crippen LogP contribution in [0, 0.1) is 0 Å². The molecule has 4 nitrogen and oxygen atoms in total. The Labute approximate surface area is 272 Å². The van der Waals surface area contributed by atoms with Crippen LogP contribution >= 0.6 is 0 Å². The van der Waals surface area contributed by atoms with E-state index in [4.69, 9.17) is 9.84 Å². The van der Waals surface area contributed by atoms with E-state index in [1.54, 1.807) is 0 Å². The number of hydrogen-bond acceptors (Lipinski definition) is 3. The van der Waals surface area contributed by atoms with Crippen molar-refractivity contribution >= 4 is 11.9 Å². The number of carbonyl (C=O) groups is 2. The number of carboxylic acids is 1. The fourth-order valence-electron chi connectivity index (χ4n) is 5.08. The van der Waals surface area contributed by atoms with Gasteiger partial charge in [-0.25, -0.2) is 0 Å². The SMILES string of the molecule is CC/C=C\C/C=C\C/C=C\C/C=C\C/C=C\CCCC(=O)OC(C)CCCCCCCCCCCCCCCCCC(=O)O. The van der Waals surface area contributed by atoms with Crippen molar-refractivity contribution in [2.75, 3.05) is 0 Å². The molecule has 1 unspecified atom stereocenters. The van der Waals surface area contributed by atoms with Gasteiger partial charge < -0.3 is 9.84 Å². The predicted molar refractivity (Wildman–Crippen MR) is 190 cm³/mol. The van der Waals surface area contributed by atoms with Crippen LogP contribution in [0.25, 0.3) is 0 Å². The zero-order chi connectivity index (χ0) is 32.2. The lowest BCUT2D eigenvalue weighted by molar-refractivity contribution is -0.148. The minimum absolute atomic E-state index is 0.0287. The first-order valence-corrected chi connectivity index (χ1v) is 18.2. The quantitative estimate of drug-likeness (QED) is 0.0466. The largest absolute Gasteiger partial charge is 0.481 e. The predicted octanol–water partition coefficient (Wildman–Crippen LogP) is 12.6. The van der Waals surface area contributed by atoms with Crippen LogP contribution in [-0.4, -0.2) is 23.1 Å². The van der Waals surface area contributed by atoms with Gasteiger partial charge in [-0.05, 0) is 71.1 Å². The van der Waals surface area contributed by atoms with Crippen molar-refractivity contribution in [1.82, 2.24) is 0 Å². The zero-order valence-corrected chi connectivity index (χ0v) is 28.7. The van der Waals surface area contributed by atoms with Gasteiger partial charge in [0.2, 0.25) is 0 Å². The number of ether oxygens (including phenoxy) is 1. The highest BCUT2D eigenvalue weighted by molar-refractivity contribution is 5.69. The maximum absolute atomic E-state index is 12.1. The van der Waals surface area contributed by atoms with Gasteiger partial charge in [0.15, 0.2) is 0 Å². The highest BCUT2D eigenvalue weighted by atomic mass is 16.5. The third-order valence-corrected chi connectivity index (χ3v) is 7.74. The van der Waals surface area contributed by atoms with E-state index in [2.05, 4.69) is 67.7 Å². The van der Waals surface area contributed by atoms with Crippen LogP contribution in [0.15, 0.2) is 60.8 Å². The first-order chi connectivity index (χ1) is 21.6. The summed E-state index contributed by atoms with van der Waals surface area (Å²) >= 11 is 0. The summed E-state index contributed by atoms with van der Waals surface area (Å²) in [6.07, 6.45) is 49.4. The number of hydrogen-bond donors (Lipinski definition) is 1. The molecule has 0 spiro atoms. The Kier molecular flexibility index (Phi) is 33.2. The van der Waals surface area contributed by atoms with E-state index in [-0.39, 0.29) is 12.1 Å². The molecular weight excluding hydrogens is 544 g/mol. The average Bonchev–Trinajstić information content (AvgIpc) is 3.00. The summed E-state index contributed by atoms with van der Waals surface area (Å²) in [6, 6.07) is 0.